The van der Waals surface area contributed by atoms with Crippen LogP contribution >= 0.6 is 11.3 Å². The normalized spacial score (nSPS) is 11.4. The fourth-order valence-corrected chi connectivity index (χ4v) is 2.88. The van der Waals surface area contributed by atoms with Gasteiger partial charge in [0.15, 0.2) is 22.3 Å². The van der Waals surface area contributed by atoms with E-state index in [1.165, 1.54) is 7.11 Å². The second kappa shape index (κ2) is 6.66. The van der Waals surface area contributed by atoms with Gasteiger partial charge in [0, 0.05) is 19.0 Å². The molecule has 1 aromatic heterocycles. The maximum Gasteiger partial charge on any atom is 0.434 e. The molecule has 0 unspecified atom stereocenters. The van der Waals surface area contributed by atoms with Gasteiger partial charge < -0.3 is 14.4 Å². The van der Waals surface area contributed by atoms with Gasteiger partial charge in [0.25, 0.3) is 0 Å². The maximum absolute atomic E-state index is 12.6. The number of halogens is 3. The molecular formula is C15H17F3N2O2S. The number of thiazole rings is 1. The van der Waals surface area contributed by atoms with E-state index in [0.717, 1.165) is 27.8 Å². The quantitative estimate of drug-likeness (QED) is 0.816. The van der Waals surface area contributed by atoms with Crippen LogP contribution in [0.25, 0.3) is 0 Å². The smallest absolute Gasteiger partial charge is 0.434 e. The summed E-state index contributed by atoms with van der Waals surface area (Å²) in [6.07, 6.45) is -4.42. The van der Waals surface area contributed by atoms with E-state index < -0.39 is 11.9 Å². The average Bonchev–Trinajstić information content (AvgIpc) is 2.98. The number of alkyl halides is 3. The largest absolute Gasteiger partial charge is 0.493 e. The van der Waals surface area contributed by atoms with Crippen molar-refractivity contribution in [2.24, 2.45) is 0 Å². The highest BCUT2D eigenvalue weighted by atomic mass is 32.1. The van der Waals surface area contributed by atoms with E-state index in [1.54, 1.807) is 19.1 Å². The molecule has 0 fully saturated rings. The van der Waals surface area contributed by atoms with Crippen LogP contribution in [0.2, 0.25) is 0 Å². The van der Waals surface area contributed by atoms with Crippen molar-refractivity contribution in [3.8, 4) is 11.5 Å². The summed E-state index contributed by atoms with van der Waals surface area (Å²) in [5.41, 5.74) is 1.02. The zero-order valence-electron chi connectivity index (χ0n) is 13.2. The van der Waals surface area contributed by atoms with Crippen LogP contribution in [0.5, 0.6) is 11.5 Å². The van der Waals surface area contributed by atoms with E-state index in [9.17, 15) is 13.2 Å². The lowest BCUT2D eigenvalue weighted by atomic mass is 10.1. The molecule has 0 amide bonds. The lowest BCUT2D eigenvalue weighted by Crippen LogP contribution is -2.17. The molecule has 23 heavy (non-hydrogen) atoms. The van der Waals surface area contributed by atoms with Crippen molar-refractivity contribution in [2.45, 2.75) is 19.6 Å². The highest BCUT2D eigenvalue weighted by Gasteiger charge is 2.34. The number of ether oxygens (including phenoxy) is 2. The monoisotopic (exact) mass is 346 g/mol. The topological polar surface area (TPSA) is 34.6 Å². The second-order valence-electron chi connectivity index (χ2n) is 5.00. The minimum Gasteiger partial charge on any atom is -0.493 e. The molecule has 0 saturated carbocycles. The van der Waals surface area contributed by atoms with Crippen LogP contribution in [-0.4, -0.2) is 26.3 Å². The average molecular weight is 346 g/mol. The molecule has 2 rings (SSSR count). The molecule has 0 bridgehead atoms. The Morgan fingerprint density at radius 2 is 1.78 bits per heavy atom. The second-order valence-corrected chi connectivity index (χ2v) is 5.84. The van der Waals surface area contributed by atoms with Gasteiger partial charge in [-0.15, -0.1) is 11.3 Å². The van der Waals surface area contributed by atoms with E-state index in [0.29, 0.717) is 23.2 Å². The van der Waals surface area contributed by atoms with E-state index in [2.05, 4.69) is 4.98 Å². The van der Waals surface area contributed by atoms with Gasteiger partial charge in [0.2, 0.25) is 0 Å². The Labute approximate surface area is 136 Å². The molecule has 0 N–H and O–H groups in total. The number of aryl methyl sites for hydroxylation is 1. The van der Waals surface area contributed by atoms with Crippen LogP contribution in [0.3, 0.4) is 0 Å². The molecule has 126 valence electrons. The molecule has 8 heteroatoms. The maximum atomic E-state index is 12.6. The number of rotatable bonds is 5. The van der Waals surface area contributed by atoms with Crippen molar-refractivity contribution < 1.29 is 22.6 Å². The zero-order chi connectivity index (χ0) is 17.2. The molecule has 0 aliphatic carbocycles. The van der Waals surface area contributed by atoms with Gasteiger partial charge in [0.1, 0.15) is 0 Å². The van der Waals surface area contributed by atoms with Crippen LogP contribution in [0, 0.1) is 6.92 Å². The van der Waals surface area contributed by atoms with Crippen molar-refractivity contribution in [1.29, 1.82) is 0 Å². The van der Waals surface area contributed by atoms with Crippen LogP contribution in [-0.2, 0) is 12.7 Å². The molecule has 1 aromatic carbocycles. The third-order valence-corrected chi connectivity index (χ3v) is 4.31. The number of methoxy groups -OCH3 is 2. The third kappa shape index (κ3) is 3.87. The minimum atomic E-state index is -4.42. The van der Waals surface area contributed by atoms with Crippen molar-refractivity contribution in [3.05, 3.63) is 34.3 Å². The van der Waals surface area contributed by atoms with Crippen molar-refractivity contribution in [1.82, 2.24) is 4.98 Å². The molecule has 0 atom stereocenters. The predicted molar refractivity (Wildman–Crippen MR) is 83.5 cm³/mol. The molecule has 0 saturated heterocycles. The summed E-state index contributed by atoms with van der Waals surface area (Å²) >= 11 is 0.966. The van der Waals surface area contributed by atoms with E-state index in [4.69, 9.17) is 9.47 Å². The van der Waals surface area contributed by atoms with E-state index in [1.807, 2.05) is 19.1 Å². The number of benzene rings is 1. The molecule has 0 radical (unpaired) electrons. The number of nitrogens with zero attached hydrogens (tertiary/aromatic N) is 2. The zero-order valence-corrected chi connectivity index (χ0v) is 14.0. The first-order valence-corrected chi connectivity index (χ1v) is 7.59. The summed E-state index contributed by atoms with van der Waals surface area (Å²) in [7, 11) is 4.80. The Morgan fingerprint density at radius 1 is 1.17 bits per heavy atom. The van der Waals surface area contributed by atoms with Gasteiger partial charge >= 0.3 is 6.18 Å². The Morgan fingerprint density at radius 3 is 2.30 bits per heavy atom. The summed E-state index contributed by atoms with van der Waals surface area (Å²) in [5, 5.41) is 1.33. The summed E-state index contributed by atoms with van der Waals surface area (Å²) in [5.74, 6) is 1.20. The van der Waals surface area contributed by atoms with Crippen LogP contribution in [0.15, 0.2) is 17.5 Å². The Balaban J connectivity index is 2.23. The van der Waals surface area contributed by atoms with Crippen LogP contribution < -0.4 is 14.4 Å². The molecule has 1 heterocycles. The first-order valence-electron chi connectivity index (χ1n) is 6.71. The molecule has 0 aliphatic heterocycles. The van der Waals surface area contributed by atoms with Crippen molar-refractivity contribution in [3.63, 3.8) is 0 Å². The summed E-state index contributed by atoms with van der Waals surface area (Å²) in [6.45, 7) is 2.32. The lowest BCUT2D eigenvalue weighted by Gasteiger charge is -2.19. The fourth-order valence-electron chi connectivity index (χ4n) is 2.09. The predicted octanol–water partition coefficient (Wildman–Crippen LogP) is 4.12. The number of hydrogen-bond acceptors (Lipinski definition) is 5. The number of hydrogen-bond donors (Lipinski definition) is 0. The standard InChI is InChI=1S/C15H17F3N2O2S/c1-9-5-11(21-3)12(22-4)6-10(9)7-20(2)14-19-13(8-23-14)15(16,17)18/h5-6,8H,7H2,1-4H3. The summed E-state index contributed by atoms with van der Waals surface area (Å²) in [6, 6.07) is 3.66. The van der Waals surface area contributed by atoms with Gasteiger partial charge in [-0.1, -0.05) is 0 Å². The Kier molecular flexibility index (Phi) is 5.03. The highest BCUT2D eigenvalue weighted by molar-refractivity contribution is 7.13. The van der Waals surface area contributed by atoms with Crippen LogP contribution in [0.4, 0.5) is 18.3 Å². The molecular weight excluding hydrogens is 329 g/mol. The van der Waals surface area contributed by atoms with Gasteiger partial charge in [0.05, 0.1) is 14.2 Å². The summed E-state index contributed by atoms with van der Waals surface area (Å²) in [4.78, 5) is 5.32. The first-order chi connectivity index (χ1) is 10.8. The van der Waals surface area contributed by atoms with Crippen molar-refractivity contribution in [2.75, 3.05) is 26.2 Å². The van der Waals surface area contributed by atoms with Gasteiger partial charge in [-0.05, 0) is 30.2 Å². The van der Waals surface area contributed by atoms with E-state index >= 15 is 0 Å². The third-order valence-electron chi connectivity index (χ3n) is 3.36. The first kappa shape index (κ1) is 17.4. The van der Waals surface area contributed by atoms with Crippen molar-refractivity contribution >= 4 is 16.5 Å². The van der Waals surface area contributed by atoms with Gasteiger partial charge in [-0.25, -0.2) is 4.98 Å². The molecule has 4 nitrogen and oxygen atoms in total. The number of anilines is 1. The Hall–Kier alpha value is -1.96. The summed E-state index contributed by atoms with van der Waals surface area (Å²) < 4.78 is 48.4. The van der Waals surface area contributed by atoms with E-state index in [-0.39, 0.29) is 0 Å². The van der Waals surface area contributed by atoms with Gasteiger partial charge in [-0.2, -0.15) is 13.2 Å². The molecule has 0 spiro atoms. The van der Waals surface area contributed by atoms with Crippen LogP contribution in [0.1, 0.15) is 16.8 Å². The Bertz CT molecular complexity index is 686. The minimum absolute atomic E-state index is 0.312. The van der Waals surface area contributed by atoms with Gasteiger partial charge in [-0.3, -0.25) is 0 Å². The lowest BCUT2D eigenvalue weighted by molar-refractivity contribution is -0.140. The fraction of sp³-hybridized carbons (Fsp3) is 0.400. The highest BCUT2D eigenvalue weighted by Crippen LogP contribution is 2.34. The molecule has 0 aliphatic rings. The SMILES string of the molecule is COc1cc(C)c(CN(C)c2nc(C(F)(F)F)cs2)cc1OC. The number of aromatic nitrogens is 1. The molecule has 2 aromatic rings.